The van der Waals surface area contributed by atoms with Crippen LogP contribution in [0.5, 0.6) is 0 Å². The predicted octanol–water partition coefficient (Wildman–Crippen LogP) is 1.27. The van der Waals surface area contributed by atoms with Gasteiger partial charge in [-0.25, -0.2) is 8.42 Å². The third-order valence-electron chi connectivity index (χ3n) is 2.64. The minimum Gasteiger partial charge on any atom is -0.372 e. The van der Waals surface area contributed by atoms with Gasteiger partial charge in [0, 0.05) is 25.0 Å². The zero-order chi connectivity index (χ0) is 12.9. The Labute approximate surface area is 103 Å². The maximum absolute atomic E-state index is 11.3. The Hall–Kier alpha value is -1.07. The summed E-state index contributed by atoms with van der Waals surface area (Å²) in [5, 5.41) is 0. The summed E-state index contributed by atoms with van der Waals surface area (Å²) in [6.45, 7) is 4.52. The number of nitrogens with zero attached hydrogens (tertiary/aromatic N) is 1. The summed E-state index contributed by atoms with van der Waals surface area (Å²) < 4.78 is 22.7. The molecule has 0 bridgehead atoms. The molecule has 0 aliphatic carbocycles. The Morgan fingerprint density at radius 3 is 2.24 bits per heavy atom. The smallest absolute Gasteiger partial charge is 0.175 e. The van der Waals surface area contributed by atoms with Gasteiger partial charge in [-0.05, 0) is 44.2 Å². The molecule has 0 radical (unpaired) electrons. The SMILES string of the molecule is CCN(CCCN)c1ccc(S(C)(=O)=O)cc1. The van der Waals surface area contributed by atoms with E-state index >= 15 is 0 Å². The van der Waals surface area contributed by atoms with Gasteiger partial charge in [0.25, 0.3) is 0 Å². The lowest BCUT2D eigenvalue weighted by molar-refractivity contribution is 0.602. The molecule has 0 unspecified atom stereocenters. The largest absolute Gasteiger partial charge is 0.372 e. The maximum Gasteiger partial charge on any atom is 0.175 e. The summed E-state index contributed by atoms with van der Waals surface area (Å²) >= 11 is 0. The first kappa shape index (κ1) is 14.0. The third kappa shape index (κ3) is 4.02. The minimum absolute atomic E-state index is 0.358. The van der Waals surface area contributed by atoms with Crippen LogP contribution in [-0.2, 0) is 9.84 Å². The molecule has 96 valence electrons. The van der Waals surface area contributed by atoms with Gasteiger partial charge >= 0.3 is 0 Å². The monoisotopic (exact) mass is 256 g/mol. The van der Waals surface area contributed by atoms with E-state index < -0.39 is 9.84 Å². The van der Waals surface area contributed by atoms with Gasteiger partial charge in [0.05, 0.1) is 4.90 Å². The summed E-state index contributed by atoms with van der Waals surface area (Å²) in [4.78, 5) is 2.54. The maximum atomic E-state index is 11.3. The van der Waals surface area contributed by atoms with Crippen molar-refractivity contribution in [1.82, 2.24) is 0 Å². The van der Waals surface area contributed by atoms with Crippen molar-refractivity contribution < 1.29 is 8.42 Å². The third-order valence-corrected chi connectivity index (χ3v) is 3.77. The quantitative estimate of drug-likeness (QED) is 0.832. The average Bonchev–Trinajstić information content (AvgIpc) is 2.29. The molecule has 0 fully saturated rings. The van der Waals surface area contributed by atoms with Crippen molar-refractivity contribution in [3.05, 3.63) is 24.3 Å². The molecule has 17 heavy (non-hydrogen) atoms. The van der Waals surface area contributed by atoms with E-state index in [9.17, 15) is 8.42 Å². The zero-order valence-electron chi connectivity index (χ0n) is 10.4. The Balaban J connectivity index is 2.85. The number of sulfone groups is 1. The first-order chi connectivity index (χ1) is 7.99. The van der Waals surface area contributed by atoms with Crippen LogP contribution in [0, 0.1) is 0 Å². The summed E-state index contributed by atoms with van der Waals surface area (Å²) in [6.07, 6.45) is 2.15. The topological polar surface area (TPSA) is 63.4 Å². The highest BCUT2D eigenvalue weighted by Gasteiger charge is 2.08. The van der Waals surface area contributed by atoms with E-state index in [1.807, 2.05) is 12.1 Å². The Kier molecular flexibility index (Phi) is 4.96. The van der Waals surface area contributed by atoms with Gasteiger partial charge in [-0.1, -0.05) is 0 Å². The Bertz CT molecular complexity index is 440. The van der Waals surface area contributed by atoms with Gasteiger partial charge < -0.3 is 10.6 Å². The lowest BCUT2D eigenvalue weighted by Crippen LogP contribution is -2.25. The van der Waals surface area contributed by atoms with Gasteiger partial charge in [-0.3, -0.25) is 0 Å². The van der Waals surface area contributed by atoms with Crippen LogP contribution in [0.25, 0.3) is 0 Å². The second-order valence-electron chi connectivity index (χ2n) is 3.99. The van der Waals surface area contributed by atoms with Crippen LogP contribution in [-0.4, -0.2) is 34.3 Å². The van der Waals surface area contributed by atoms with Gasteiger partial charge in [0.1, 0.15) is 0 Å². The zero-order valence-corrected chi connectivity index (χ0v) is 11.2. The van der Waals surface area contributed by atoms with Gasteiger partial charge in [-0.2, -0.15) is 0 Å². The molecule has 4 nitrogen and oxygen atoms in total. The summed E-state index contributed by atoms with van der Waals surface area (Å²) in [5.41, 5.74) is 6.52. The normalized spacial score (nSPS) is 11.5. The van der Waals surface area contributed by atoms with Crippen molar-refractivity contribution in [2.45, 2.75) is 18.2 Å². The molecule has 5 heteroatoms. The molecule has 0 heterocycles. The van der Waals surface area contributed by atoms with E-state index in [2.05, 4.69) is 11.8 Å². The molecular formula is C12H20N2O2S. The average molecular weight is 256 g/mol. The van der Waals surface area contributed by atoms with Crippen molar-refractivity contribution in [2.24, 2.45) is 5.73 Å². The van der Waals surface area contributed by atoms with E-state index in [-0.39, 0.29) is 0 Å². The van der Waals surface area contributed by atoms with Gasteiger partial charge in [-0.15, -0.1) is 0 Å². The van der Waals surface area contributed by atoms with Gasteiger partial charge in [0.15, 0.2) is 9.84 Å². The van der Waals surface area contributed by atoms with Crippen LogP contribution in [0.2, 0.25) is 0 Å². The summed E-state index contributed by atoms with van der Waals surface area (Å²) in [7, 11) is -3.11. The van der Waals surface area contributed by atoms with E-state index in [0.29, 0.717) is 11.4 Å². The first-order valence-corrected chi connectivity index (χ1v) is 7.63. The highest BCUT2D eigenvalue weighted by Crippen LogP contribution is 2.17. The number of nitrogens with two attached hydrogens (primary N) is 1. The van der Waals surface area contributed by atoms with Crippen molar-refractivity contribution in [1.29, 1.82) is 0 Å². The summed E-state index contributed by atoms with van der Waals surface area (Å²) in [6, 6.07) is 6.98. The fourth-order valence-corrected chi connectivity index (χ4v) is 2.29. The second kappa shape index (κ2) is 6.02. The van der Waals surface area contributed by atoms with Crippen molar-refractivity contribution in [2.75, 3.05) is 30.8 Å². The molecule has 2 N–H and O–H groups in total. The van der Waals surface area contributed by atoms with Crippen molar-refractivity contribution in [3.63, 3.8) is 0 Å². The summed E-state index contributed by atoms with van der Waals surface area (Å²) in [5.74, 6) is 0. The standard InChI is InChI=1S/C12H20N2O2S/c1-3-14(10-4-9-13)11-5-7-12(8-6-11)17(2,15)16/h5-8H,3-4,9-10,13H2,1-2H3. The Morgan fingerprint density at radius 2 is 1.82 bits per heavy atom. The lowest BCUT2D eigenvalue weighted by atomic mass is 10.2. The van der Waals surface area contributed by atoms with Crippen molar-refractivity contribution >= 4 is 15.5 Å². The fraction of sp³-hybridized carbons (Fsp3) is 0.500. The fourth-order valence-electron chi connectivity index (χ4n) is 1.66. The molecule has 0 aliphatic rings. The van der Waals surface area contributed by atoms with E-state index in [1.165, 1.54) is 6.26 Å². The highest BCUT2D eigenvalue weighted by molar-refractivity contribution is 7.90. The van der Waals surface area contributed by atoms with Crippen LogP contribution < -0.4 is 10.6 Å². The molecule has 0 saturated heterocycles. The van der Waals surface area contributed by atoms with E-state index in [0.717, 1.165) is 25.2 Å². The van der Waals surface area contributed by atoms with Crippen LogP contribution in [0.3, 0.4) is 0 Å². The molecule has 0 amide bonds. The lowest BCUT2D eigenvalue weighted by Gasteiger charge is -2.22. The van der Waals surface area contributed by atoms with Crippen molar-refractivity contribution in [3.8, 4) is 0 Å². The first-order valence-electron chi connectivity index (χ1n) is 5.74. The number of anilines is 1. The molecule has 0 spiro atoms. The molecule has 0 saturated carbocycles. The molecule has 1 aromatic rings. The molecule has 0 aromatic heterocycles. The minimum atomic E-state index is -3.11. The number of rotatable bonds is 6. The van der Waals surface area contributed by atoms with Crippen LogP contribution in [0.1, 0.15) is 13.3 Å². The number of benzene rings is 1. The van der Waals surface area contributed by atoms with Crippen LogP contribution in [0.15, 0.2) is 29.2 Å². The second-order valence-corrected chi connectivity index (χ2v) is 6.00. The van der Waals surface area contributed by atoms with Crippen LogP contribution >= 0.6 is 0 Å². The van der Waals surface area contributed by atoms with Crippen LogP contribution in [0.4, 0.5) is 5.69 Å². The number of hydrogen-bond donors (Lipinski definition) is 1. The van der Waals surface area contributed by atoms with E-state index in [1.54, 1.807) is 12.1 Å². The molecule has 0 aliphatic heterocycles. The predicted molar refractivity (Wildman–Crippen MR) is 71.1 cm³/mol. The Morgan fingerprint density at radius 1 is 1.24 bits per heavy atom. The van der Waals surface area contributed by atoms with Gasteiger partial charge in [0.2, 0.25) is 0 Å². The molecule has 1 rings (SSSR count). The molecular weight excluding hydrogens is 236 g/mol. The molecule has 0 atom stereocenters. The number of hydrogen-bond acceptors (Lipinski definition) is 4. The molecule has 1 aromatic carbocycles. The highest BCUT2D eigenvalue weighted by atomic mass is 32.2. The van der Waals surface area contributed by atoms with E-state index in [4.69, 9.17) is 5.73 Å².